The Morgan fingerprint density at radius 3 is 2.25 bits per heavy atom. The lowest BCUT2D eigenvalue weighted by atomic mass is 10.0. The third-order valence-electron chi connectivity index (χ3n) is 3.48. The molecule has 24 heavy (non-hydrogen) atoms. The average Bonchev–Trinajstić information content (AvgIpc) is 2.55. The van der Waals surface area contributed by atoms with E-state index in [0.717, 1.165) is 0 Å². The number of nitrogen functional groups attached to an aromatic ring is 1. The Balaban J connectivity index is 1.83. The van der Waals surface area contributed by atoms with Crippen LogP contribution in [0.2, 0.25) is 0 Å². The summed E-state index contributed by atoms with van der Waals surface area (Å²) >= 11 is 0. The predicted octanol–water partition coefficient (Wildman–Crippen LogP) is 3.89. The smallest absolute Gasteiger partial charge is 0.133 e. The highest BCUT2D eigenvalue weighted by Crippen LogP contribution is 2.26. The SMILES string of the molecule is Nc1cc(-c2cc(F)c(COc3ccc(O)cc3)c(F)c2)ccn1. The van der Waals surface area contributed by atoms with Crippen LogP contribution in [0.1, 0.15) is 5.56 Å². The summed E-state index contributed by atoms with van der Waals surface area (Å²) < 4.78 is 33.9. The van der Waals surface area contributed by atoms with Gasteiger partial charge < -0.3 is 15.6 Å². The fourth-order valence-corrected chi connectivity index (χ4v) is 2.23. The molecule has 0 atom stereocenters. The molecule has 0 amide bonds. The number of ether oxygens (including phenoxy) is 1. The zero-order chi connectivity index (χ0) is 17.1. The molecule has 0 saturated heterocycles. The first-order valence-electron chi connectivity index (χ1n) is 7.14. The van der Waals surface area contributed by atoms with Gasteiger partial charge in [0.25, 0.3) is 0 Å². The summed E-state index contributed by atoms with van der Waals surface area (Å²) in [7, 11) is 0. The first-order valence-corrected chi connectivity index (χ1v) is 7.14. The molecule has 1 aromatic heterocycles. The van der Waals surface area contributed by atoms with E-state index in [1.165, 1.54) is 42.6 Å². The number of hydrogen-bond donors (Lipinski definition) is 2. The summed E-state index contributed by atoms with van der Waals surface area (Å²) in [5.74, 6) is -0.662. The lowest BCUT2D eigenvalue weighted by Crippen LogP contribution is -2.03. The zero-order valence-electron chi connectivity index (χ0n) is 12.5. The van der Waals surface area contributed by atoms with E-state index in [9.17, 15) is 13.9 Å². The molecule has 1 heterocycles. The van der Waals surface area contributed by atoms with Gasteiger partial charge in [0.1, 0.15) is 35.6 Å². The van der Waals surface area contributed by atoms with Gasteiger partial charge in [-0.2, -0.15) is 0 Å². The summed E-state index contributed by atoms with van der Waals surface area (Å²) in [5.41, 5.74) is 6.36. The van der Waals surface area contributed by atoms with Crippen molar-refractivity contribution in [3.05, 3.63) is 71.9 Å². The molecule has 0 spiro atoms. The lowest BCUT2D eigenvalue weighted by Gasteiger charge is -2.10. The minimum absolute atomic E-state index is 0.0840. The van der Waals surface area contributed by atoms with Crippen LogP contribution in [-0.4, -0.2) is 10.1 Å². The second-order valence-corrected chi connectivity index (χ2v) is 5.17. The summed E-state index contributed by atoms with van der Waals surface area (Å²) in [6.45, 7) is -0.263. The van der Waals surface area contributed by atoms with Crippen LogP contribution in [0, 0.1) is 11.6 Å². The number of phenolic OH excluding ortho intramolecular Hbond substituents is 1. The third-order valence-corrected chi connectivity index (χ3v) is 3.48. The fourth-order valence-electron chi connectivity index (χ4n) is 2.23. The number of hydrogen-bond acceptors (Lipinski definition) is 4. The molecule has 3 N–H and O–H groups in total. The Bertz CT molecular complexity index is 844. The van der Waals surface area contributed by atoms with Gasteiger partial charge in [0.05, 0.1) is 5.56 Å². The number of pyridine rings is 1. The van der Waals surface area contributed by atoms with Gasteiger partial charge in [0.2, 0.25) is 0 Å². The van der Waals surface area contributed by atoms with Crippen molar-refractivity contribution in [1.29, 1.82) is 0 Å². The van der Waals surface area contributed by atoms with E-state index in [4.69, 9.17) is 10.5 Å². The van der Waals surface area contributed by atoms with E-state index >= 15 is 0 Å². The Hall–Kier alpha value is -3.15. The quantitative estimate of drug-likeness (QED) is 0.762. The Morgan fingerprint density at radius 2 is 1.62 bits per heavy atom. The van der Waals surface area contributed by atoms with Crippen LogP contribution < -0.4 is 10.5 Å². The molecule has 6 heteroatoms. The largest absolute Gasteiger partial charge is 0.508 e. The maximum absolute atomic E-state index is 14.3. The number of aromatic nitrogens is 1. The molecule has 122 valence electrons. The summed E-state index contributed by atoms with van der Waals surface area (Å²) in [5, 5.41) is 9.20. The third kappa shape index (κ3) is 3.43. The molecule has 0 aliphatic carbocycles. The van der Waals surface area contributed by atoms with E-state index in [1.807, 2.05) is 0 Å². The normalized spacial score (nSPS) is 10.6. The van der Waals surface area contributed by atoms with E-state index in [0.29, 0.717) is 16.9 Å². The number of aromatic hydroxyl groups is 1. The second-order valence-electron chi connectivity index (χ2n) is 5.17. The molecule has 0 bridgehead atoms. The molecule has 0 aliphatic heterocycles. The van der Waals surface area contributed by atoms with Gasteiger partial charge in [-0.3, -0.25) is 0 Å². The number of phenols is 1. The standard InChI is InChI=1S/C18H14F2N2O2/c19-16-7-12(11-5-6-22-18(21)9-11)8-17(20)15(16)10-24-14-3-1-13(23)2-4-14/h1-9,23H,10H2,(H2,21,22). The lowest BCUT2D eigenvalue weighted by molar-refractivity contribution is 0.292. The molecule has 3 rings (SSSR count). The topological polar surface area (TPSA) is 68.4 Å². The minimum atomic E-state index is -0.709. The molecule has 4 nitrogen and oxygen atoms in total. The monoisotopic (exact) mass is 328 g/mol. The molecule has 0 unspecified atom stereocenters. The molecule has 0 fully saturated rings. The van der Waals surface area contributed by atoms with Crippen LogP contribution in [0.15, 0.2) is 54.7 Å². The highest BCUT2D eigenvalue weighted by Gasteiger charge is 2.13. The molecule has 0 saturated carbocycles. The van der Waals surface area contributed by atoms with Crippen LogP contribution in [0.5, 0.6) is 11.5 Å². The fraction of sp³-hybridized carbons (Fsp3) is 0.0556. The molecule has 3 aromatic rings. The van der Waals surface area contributed by atoms with Crippen molar-refractivity contribution in [3.8, 4) is 22.6 Å². The van der Waals surface area contributed by atoms with Crippen LogP contribution in [-0.2, 0) is 6.61 Å². The summed E-state index contributed by atoms with van der Waals surface area (Å²) in [4.78, 5) is 3.85. The second kappa shape index (κ2) is 6.54. The van der Waals surface area contributed by atoms with Gasteiger partial charge >= 0.3 is 0 Å². The van der Waals surface area contributed by atoms with Gasteiger partial charge in [0.15, 0.2) is 0 Å². The minimum Gasteiger partial charge on any atom is -0.508 e. The van der Waals surface area contributed by atoms with Crippen LogP contribution in [0.3, 0.4) is 0 Å². The number of benzene rings is 2. The van der Waals surface area contributed by atoms with Gasteiger partial charge in [-0.15, -0.1) is 0 Å². The predicted molar refractivity (Wildman–Crippen MR) is 86.4 cm³/mol. The van der Waals surface area contributed by atoms with Crippen molar-refractivity contribution < 1.29 is 18.6 Å². The number of rotatable bonds is 4. The Labute approximate surface area is 137 Å². The molecule has 0 radical (unpaired) electrons. The zero-order valence-corrected chi connectivity index (χ0v) is 12.5. The highest BCUT2D eigenvalue weighted by molar-refractivity contribution is 5.66. The van der Waals surface area contributed by atoms with Crippen molar-refractivity contribution in [3.63, 3.8) is 0 Å². The van der Waals surface area contributed by atoms with Gasteiger partial charge in [-0.25, -0.2) is 13.8 Å². The van der Waals surface area contributed by atoms with Crippen LogP contribution >= 0.6 is 0 Å². The first kappa shape index (κ1) is 15.7. The van der Waals surface area contributed by atoms with E-state index in [2.05, 4.69) is 4.98 Å². The van der Waals surface area contributed by atoms with Crippen LogP contribution in [0.25, 0.3) is 11.1 Å². The summed E-state index contributed by atoms with van der Waals surface area (Å²) in [6.07, 6.45) is 1.47. The van der Waals surface area contributed by atoms with Crippen molar-refractivity contribution in [2.45, 2.75) is 6.61 Å². The number of anilines is 1. The van der Waals surface area contributed by atoms with E-state index < -0.39 is 11.6 Å². The molecule has 0 aliphatic rings. The molecule has 2 aromatic carbocycles. The van der Waals surface area contributed by atoms with Crippen LogP contribution in [0.4, 0.5) is 14.6 Å². The van der Waals surface area contributed by atoms with E-state index in [-0.39, 0.29) is 23.7 Å². The number of halogens is 2. The van der Waals surface area contributed by atoms with Crippen molar-refractivity contribution >= 4 is 5.82 Å². The molecular formula is C18H14F2N2O2. The van der Waals surface area contributed by atoms with Crippen molar-refractivity contribution in [2.75, 3.05) is 5.73 Å². The summed E-state index contributed by atoms with van der Waals surface area (Å²) in [6, 6.07) is 11.5. The number of nitrogens with two attached hydrogens (primary N) is 1. The number of nitrogens with zero attached hydrogens (tertiary/aromatic N) is 1. The van der Waals surface area contributed by atoms with Gasteiger partial charge in [-0.1, -0.05) is 0 Å². The first-order chi connectivity index (χ1) is 11.5. The Kier molecular flexibility index (Phi) is 4.29. The molecular weight excluding hydrogens is 314 g/mol. The van der Waals surface area contributed by atoms with Gasteiger partial charge in [-0.05, 0) is 59.7 Å². The van der Waals surface area contributed by atoms with Gasteiger partial charge in [0, 0.05) is 6.20 Å². The van der Waals surface area contributed by atoms with Crippen molar-refractivity contribution in [2.24, 2.45) is 0 Å². The highest BCUT2D eigenvalue weighted by atomic mass is 19.1. The Morgan fingerprint density at radius 1 is 0.958 bits per heavy atom. The van der Waals surface area contributed by atoms with Crippen molar-refractivity contribution in [1.82, 2.24) is 4.98 Å². The van der Waals surface area contributed by atoms with E-state index in [1.54, 1.807) is 12.1 Å². The average molecular weight is 328 g/mol. The maximum atomic E-state index is 14.3. The maximum Gasteiger partial charge on any atom is 0.133 e.